The SMILES string of the molecule is Nc1cc(C2CCNC(=O)C2)c2c(c1)C1(CCC1)C(=O)N2. The van der Waals surface area contributed by atoms with E-state index in [0.717, 1.165) is 42.5 Å². The Morgan fingerprint density at radius 2 is 2.05 bits per heavy atom. The van der Waals surface area contributed by atoms with E-state index >= 15 is 0 Å². The number of fused-ring (bicyclic) bond motifs is 2. The van der Waals surface area contributed by atoms with Gasteiger partial charge in [-0.05, 0) is 48.4 Å². The van der Waals surface area contributed by atoms with Crippen molar-refractivity contribution in [3.05, 3.63) is 23.3 Å². The quantitative estimate of drug-likeness (QED) is 0.686. The number of hydrogen-bond acceptors (Lipinski definition) is 3. The van der Waals surface area contributed by atoms with Gasteiger partial charge in [0.15, 0.2) is 0 Å². The van der Waals surface area contributed by atoms with Crippen molar-refractivity contribution < 1.29 is 9.59 Å². The van der Waals surface area contributed by atoms with Crippen LogP contribution in [0.1, 0.15) is 49.1 Å². The van der Waals surface area contributed by atoms with Crippen molar-refractivity contribution in [2.45, 2.75) is 43.4 Å². The lowest BCUT2D eigenvalue weighted by molar-refractivity contribution is -0.123. The predicted octanol–water partition coefficient (Wildman–Crippen LogP) is 1.64. The van der Waals surface area contributed by atoms with Gasteiger partial charge in [0.1, 0.15) is 0 Å². The van der Waals surface area contributed by atoms with E-state index in [2.05, 4.69) is 10.6 Å². The van der Waals surface area contributed by atoms with Crippen LogP contribution in [0.25, 0.3) is 0 Å². The van der Waals surface area contributed by atoms with E-state index < -0.39 is 0 Å². The Morgan fingerprint density at radius 1 is 1.24 bits per heavy atom. The summed E-state index contributed by atoms with van der Waals surface area (Å²) < 4.78 is 0. The first-order valence-corrected chi connectivity index (χ1v) is 7.62. The van der Waals surface area contributed by atoms with Crippen LogP contribution in [0.4, 0.5) is 11.4 Å². The van der Waals surface area contributed by atoms with Crippen molar-refractivity contribution >= 4 is 23.2 Å². The van der Waals surface area contributed by atoms with Crippen molar-refractivity contribution in [3.8, 4) is 0 Å². The highest BCUT2D eigenvalue weighted by molar-refractivity contribution is 6.08. The lowest BCUT2D eigenvalue weighted by Gasteiger charge is -2.36. The molecule has 1 aliphatic carbocycles. The minimum absolute atomic E-state index is 0.0742. The molecule has 0 bridgehead atoms. The zero-order chi connectivity index (χ0) is 14.6. The maximum absolute atomic E-state index is 12.4. The third-order valence-corrected chi connectivity index (χ3v) is 5.27. The normalized spacial score (nSPS) is 26.0. The highest BCUT2D eigenvalue weighted by Crippen LogP contribution is 2.53. The van der Waals surface area contributed by atoms with Gasteiger partial charge < -0.3 is 16.4 Å². The molecule has 1 atom stereocenters. The van der Waals surface area contributed by atoms with Crippen LogP contribution in [-0.2, 0) is 15.0 Å². The molecule has 2 heterocycles. The van der Waals surface area contributed by atoms with Crippen molar-refractivity contribution in [2.24, 2.45) is 0 Å². The average molecular weight is 285 g/mol. The molecule has 0 aromatic heterocycles. The van der Waals surface area contributed by atoms with Crippen molar-refractivity contribution in [2.75, 3.05) is 17.6 Å². The third-order valence-electron chi connectivity index (χ3n) is 5.27. The van der Waals surface area contributed by atoms with Gasteiger partial charge in [0.2, 0.25) is 11.8 Å². The number of rotatable bonds is 1. The van der Waals surface area contributed by atoms with E-state index in [-0.39, 0.29) is 23.1 Å². The summed E-state index contributed by atoms with van der Waals surface area (Å²) in [4.78, 5) is 24.1. The Hall–Kier alpha value is -2.04. The number of amides is 2. The van der Waals surface area contributed by atoms with Gasteiger partial charge in [0.05, 0.1) is 5.41 Å². The molecule has 0 radical (unpaired) electrons. The molecule has 2 amide bonds. The lowest BCUT2D eigenvalue weighted by Crippen LogP contribution is -2.40. The molecule has 1 aromatic carbocycles. The maximum Gasteiger partial charge on any atom is 0.235 e. The first-order chi connectivity index (χ1) is 10.1. The Balaban J connectivity index is 1.81. The second-order valence-electron chi connectivity index (χ2n) is 6.46. The van der Waals surface area contributed by atoms with E-state index in [1.807, 2.05) is 12.1 Å². The monoisotopic (exact) mass is 285 g/mol. The van der Waals surface area contributed by atoms with Crippen molar-refractivity contribution in [3.63, 3.8) is 0 Å². The van der Waals surface area contributed by atoms with Gasteiger partial charge in [-0.2, -0.15) is 0 Å². The summed E-state index contributed by atoms with van der Waals surface area (Å²) >= 11 is 0. The first kappa shape index (κ1) is 12.7. The number of benzene rings is 1. The largest absolute Gasteiger partial charge is 0.399 e. The molecule has 1 aromatic rings. The van der Waals surface area contributed by atoms with E-state index in [4.69, 9.17) is 5.73 Å². The Bertz CT molecular complexity index is 649. The molecule has 2 fully saturated rings. The summed E-state index contributed by atoms with van der Waals surface area (Å²) in [5.74, 6) is 0.326. The lowest BCUT2D eigenvalue weighted by atomic mass is 9.65. The summed E-state index contributed by atoms with van der Waals surface area (Å²) in [6.45, 7) is 0.687. The van der Waals surface area contributed by atoms with Crippen LogP contribution in [0.3, 0.4) is 0 Å². The molecule has 1 saturated carbocycles. The van der Waals surface area contributed by atoms with E-state index in [9.17, 15) is 9.59 Å². The molecule has 5 nitrogen and oxygen atoms in total. The Labute approximate surface area is 123 Å². The number of nitrogens with two attached hydrogens (primary N) is 1. The van der Waals surface area contributed by atoms with Crippen LogP contribution in [0.2, 0.25) is 0 Å². The van der Waals surface area contributed by atoms with E-state index in [1.54, 1.807) is 0 Å². The smallest absolute Gasteiger partial charge is 0.235 e. The van der Waals surface area contributed by atoms with Gasteiger partial charge in [0.25, 0.3) is 0 Å². The number of nitrogens with one attached hydrogen (secondary N) is 2. The Morgan fingerprint density at radius 3 is 2.71 bits per heavy atom. The van der Waals surface area contributed by atoms with Gasteiger partial charge in [0, 0.05) is 24.3 Å². The molecular formula is C16H19N3O2. The highest BCUT2D eigenvalue weighted by atomic mass is 16.2. The fourth-order valence-corrected chi connectivity index (χ4v) is 3.96. The molecule has 5 heteroatoms. The van der Waals surface area contributed by atoms with E-state index in [0.29, 0.717) is 18.7 Å². The van der Waals surface area contributed by atoms with Crippen molar-refractivity contribution in [1.82, 2.24) is 5.32 Å². The molecule has 110 valence electrons. The van der Waals surface area contributed by atoms with Gasteiger partial charge in [-0.25, -0.2) is 0 Å². The number of nitrogen functional groups attached to an aromatic ring is 1. The number of carbonyl (C=O) groups excluding carboxylic acids is 2. The molecule has 21 heavy (non-hydrogen) atoms. The molecule has 4 N–H and O–H groups in total. The molecule has 3 aliphatic rings. The van der Waals surface area contributed by atoms with Gasteiger partial charge in [-0.15, -0.1) is 0 Å². The van der Waals surface area contributed by atoms with Crippen LogP contribution in [0.5, 0.6) is 0 Å². The van der Waals surface area contributed by atoms with Gasteiger partial charge in [-0.3, -0.25) is 9.59 Å². The minimum Gasteiger partial charge on any atom is -0.399 e. The van der Waals surface area contributed by atoms with Crippen LogP contribution in [0, 0.1) is 0 Å². The summed E-state index contributed by atoms with van der Waals surface area (Å²) in [5.41, 5.74) is 9.44. The van der Waals surface area contributed by atoms with Crippen LogP contribution >= 0.6 is 0 Å². The average Bonchev–Trinajstić information content (AvgIpc) is 2.69. The second-order valence-corrected chi connectivity index (χ2v) is 6.46. The second kappa shape index (κ2) is 4.23. The zero-order valence-corrected chi connectivity index (χ0v) is 11.9. The molecule has 4 rings (SSSR count). The van der Waals surface area contributed by atoms with Crippen LogP contribution in [-0.4, -0.2) is 18.4 Å². The number of piperidine rings is 1. The van der Waals surface area contributed by atoms with Gasteiger partial charge >= 0.3 is 0 Å². The van der Waals surface area contributed by atoms with Crippen LogP contribution < -0.4 is 16.4 Å². The van der Waals surface area contributed by atoms with Crippen molar-refractivity contribution in [1.29, 1.82) is 0 Å². The molecule has 1 unspecified atom stereocenters. The highest BCUT2D eigenvalue weighted by Gasteiger charge is 2.52. The Kier molecular flexibility index (Phi) is 2.55. The number of hydrogen-bond donors (Lipinski definition) is 3. The first-order valence-electron chi connectivity index (χ1n) is 7.62. The summed E-state index contributed by atoms with van der Waals surface area (Å²) in [7, 11) is 0. The number of anilines is 2. The van der Waals surface area contributed by atoms with E-state index in [1.165, 1.54) is 0 Å². The topological polar surface area (TPSA) is 84.2 Å². The van der Waals surface area contributed by atoms with Gasteiger partial charge in [-0.1, -0.05) is 6.42 Å². The fourth-order valence-electron chi connectivity index (χ4n) is 3.96. The molecular weight excluding hydrogens is 266 g/mol. The number of carbonyl (C=O) groups is 2. The molecule has 2 aliphatic heterocycles. The van der Waals surface area contributed by atoms with Crippen LogP contribution in [0.15, 0.2) is 12.1 Å². The molecule has 1 saturated heterocycles. The zero-order valence-electron chi connectivity index (χ0n) is 11.9. The predicted molar refractivity (Wildman–Crippen MR) is 80.0 cm³/mol. The maximum atomic E-state index is 12.4. The third kappa shape index (κ3) is 1.69. The summed E-state index contributed by atoms with van der Waals surface area (Å²) in [5, 5.41) is 5.93. The summed E-state index contributed by atoms with van der Waals surface area (Å²) in [6, 6.07) is 3.87. The standard InChI is InChI=1S/C16H19N3O2/c17-10-7-11(9-2-5-18-13(20)6-9)14-12(8-10)16(3-1-4-16)15(21)19-14/h7-9H,1-6,17H2,(H,18,20)(H,19,21). The fraction of sp³-hybridized carbons (Fsp3) is 0.500. The summed E-state index contributed by atoms with van der Waals surface area (Å²) in [6.07, 6.45) is 4.26. The molecule has 1 spiro atoms. The minimum atomic E-state index is -0.351.